The van der Waals surface area contributed by atoms with Gasteiger partial charge in [-0.1, -0.05) is 27.7 Å². The minimum absolute atomic E-state index is 0.0199. The molecule has 10 atom stereocenters. The lowest BCUT2D eigenvalue weighted by Gasteiger charge is -2.65. The van der Waals surface area contributed by atoms with E-state index >= 15 is 0 Å². The Kier molecular flexibility index (Phi) is 5.34. The molecule has 1 spiro atoms. The van der Waals surface area contributed by atoms with E-state index in [1.54, 1.807) is 12.5 Å². The Labute approximate surface area is 221 Å². The van der Waals surface area contributed by atoms with Crippen molar-refractivity contribution >= 4 is 23.7 Å². The summed E-state index contributed by atoms with van der Waals surface area (Å²) in [6, 6.07) is 1.83. The van der Waals surface area contributed by atoms with Crippen molar-refractivity contribution < 1.29 is 42.5 Å². The van der Waals surface area contributed by atoms with Gasteiger partial charge in [0, 0.05) is 47.0 Å². The van der Waals surface area contributed by atoms with E-state index in [2.05, 4.69) is 6.92 Å². The number of cyclic esters (lactones) is 1. The van der Waals surface area contributed by atoms with Crippen LogP contribution in [0.4, 0.5) is 0 Å². The maximum atomic E-state index is 14.4. The molecule has 5 aliphatic rings. The molecular weight excluding hydrogens is 492 g/mol. The van der Waals surface area contributed by atoms with E-state index < -0.39 is 63.9 Å². The van der Waals surface area contributed by atoms with Gasteiger partial charge in [-0.05, 0) is 24.8 Å². The number of carbonyl (C=O) groups is 4. The van der Waals surface area contributed by atoms with E-state index in [1.807, 2.05) is 26.8 Å². The molecule has 9 nitrogen and oxygen atoms in total. The molecule has 2 bridgehead atoms. The van der Waals surface area contributed by atoms with Crippen molar-refractivity contribution in [1.29, 1.82) is 0 Å². The summed E-state index contributed by atoms with van der Waals surface area (Å²) in [5.41, 5.74) is -2.03. The van der Waals surface area contributed by atoms with Crippen molar-refractivity contribution in [3.63, 3.8) is 0 Å². The van der Waals surface area contributed by atoms with E-state index in [0.29, 0.717) is 6.42 Å². The standard InChI is InChI=1S/C29H36O9/c1-14(30)36-24-21-22(33)28(5,17(26(24,2)3)11-19(31)34-6)16-7-9-27(4)18(29(16)25(21)38-29)12-20(32)37-23(27)15-8-10-35-13-15/h8,10,13,16-18,21,23-25H,7,9,11-12H2,1-6H3/t16-,17+,18-,21-,23+,24-,25-,27-,28-,29-/m1/s1. The predicted molar refractivity (Wildman–Crippen MR) is 130 cm³/mol. The van der Waals surface area contributed by atoms with Gasteiger partial charge in [-0.25, -0.2) is 0 Å². The number of esters is 3. The summed E-state index contributed by atoms with van der Waals surface area (Å²) in [5, 5.41) is 0. The second-order valence-corrected chi connectivity index (χ2v) is 13.0. The van der Waals surface area contributed by atoms with Crippen molar-refractivity contribution in [2.45, 2.75) is 84.2 Å². The molecule has 38 heavy (non-hydrogen) atoms. The first-order chi connectivity index (χ1) is 17.8. The molecule has 6 rings (SSSR count). The molecule has 0 aromatic carbocycles. The normalized spacial score (nSPS) is 46.1. The van der Waals surface area contributed by atoms with E-state index in [-0.39, 0.29) is 36.4 Å². The highest BCUT2D eigenvalue weighted by Crippen LogP contribution is 2.77. The van der Waals surface area contributed by atoms with Crippen LogP contribution in [0.5, 0.6) is 0 Å². The zero-order valence-electron chi connectivity index (χ0n) is 22.8. The summed E-state index contributed by atoms with van der Waals surface area (Å²) in [5.74, 6) is -2.77. The highest BCUT2D eigenvalue weighted by atomic mass is 16.6. The van der Waals surface area contributed by atoms with Crippen LogP contribution >= 0.6 is 0 Å². The quantitative estimate of drug-likeness (QED) is 0.326. The zero-order valence-corrected chi connectivity index (χ0v) is 22.8. The molecule has 0 N–H and O–H groups in total. The van der Waals surface area contributed by atoms with E-state index in [1.165, 1.54) is 14.0 Å². The summed E-state index contributed by atoms with van der Waals surface area (Å²) >= 11 is 0. The van der Waals surface area contributed by atoms with E-state index in [0.717, 1.165) is 12.0 Å². The predicted octanol–water partition coefficient (Wildman–Crippen LogP) is 3.79. The number of fused-ring (bicyclic) bond motifs is 5. The molecule has 0 unspecified atom stereocenters. The molecule has 1 aromatic heterocycles. The SMILES string of the molecule is COC(=O)C[C@H]1C(C)(C)[C@H](OC(C)=O)[C@H]2C(=O)[C@]1(C)[C@H]1CC[C@]3(C)[C@@H](CC(=O)O[C@H]3c3ccoc3)[C@]13O[C@H]23. The number of hydrogen-bond donors (Lipinski definition) is 0. The molecule has 2 saturated heterocycles. The summed E-state index contributed by atoms with van der Waals surface area (Å²) in [6.45, 7) is 9.38. The van der Waals surface area contributed by atoms with Crippen LogP contribution in [0.1, 0.15) is 72.0 Å². The van der Waals surface area contributed by atoms with Crippen LogP contribution in [0.15, 0.2) is 23.0 Å². The Morgan fingerprint density at radius 3 is 2.50 bits per heavy atom. The Bertz CT molecular complexity index is 1200. The van der Waals surface area contributed by atoms with Crippen LogP contribution in [0, 0.1) is 39.9 Å². The Morgan fingerprint density at radius 1 is 1.13 bits per heavy atom. The first-order valence-electron chi connectivity index (χ1n) is 13.5. The fourth-order valence-corrected chi connectivity index (χ4v) is 9.48. The largest absolute Gasteiger partial charge is 0.472 e. The molecule has 0 amide bonds. The first kappa shape index (κ1) is 25.6. The number of carbonyl (C=O) groups excluding carboxylic acids is 4. The Morgan fingerprint density at radius 2 is 1.87 bits per heavy atom. The van der Waals surface area contributed by atoms with E-state index in [9.17, 15) is 19.2 Å². The third-order valence-electron chi connectivity index (χ3n) is 11.1. The van der Waals surface area contributed by atoms with Crippen molar-refractivity contribution in [2.24, 2.45) is 39.9 Å². The summed E-state index contributed by atoms with van der Waals surface area (Å²) in [7, 11) is 1.34. The van der Waals surface area contributed by atoms with Gasteiger partial charge in [0.15, 0.2) is 0 Å². The number of epoxide rings is 1. The van der Waals surface area contributed by atoms with Gasteiger partial charge in [-0.15, -0.1) is 0 Å². The van der Waals surface area contributed by atoms with Crippen LogP contribution in [-0.4, -0.2) is 48.6 Å². The Hall–Kier alpha value is -2.68. The number of furan rings is 1. The summed E-state index contributed by atoms with van der Waals surface area (Å²) < 4.78 is 28.9. The van der Waals surface area contributed by atoms with Crippen molar-refractivity contribution in [3.05, 3.63) is 24.2 Å². The lowest BCUT2D eigenvalue weighted by molar-refractivity contribution is -0.221. The maximum absolute atomic E-state index is 14.4. The smallest absolute Gasteiger partial charge is 0.306 e. The van der Waals surface area contributed by atoms with Gasteiger partial charge in [0.25, 0.3) is 0 Å². The number of ether oxygens (including phenoxy) is 4. The lowest BCUT2D eigenvalue weighted by atomic mass is 9.37. The van der Waals surface area contributed by atoms with Crippen LogP contribution in [0.25, 0.3) is 0 Å². The van der Waals surface area contributed by atoms with Gasteiger partial charge < -0.3 is 23.4 Å². The molecule has 2 aliphatic heterocycles. The monoisotopic (exact) mass is 528 g/mol. The van der Waals surface area contributed by atoms with Crippen LogP contribution in [0.3, 0.4) is 0 Å². The van der Waals surface area contributed by atoms with Gasteiger partial charge >= 0.3 is 17.9 Å². The average Bonchev–Trinajstić information content (AvgIpc) is 3.31. The van der Waals surface area contributed by atoms with Gasteiger partial charge in [0.1, 0.15) is 29.7 Å². The highest BCUT2D eigenvalue weighted by Gasteiger charge is 2.86. The molecule has 3 saturated carbocycles. The maximum Gasteiger partial charge on any atom is 0.306 e. The second-order valence-electron chi connectivity index (χ2n) is 13.0. The molecule has 9 heteroatoms. The van der Waals surface area contributed by atoms with Gasteiger partial charge in [-0.3, -0.25) is 19.2 Å². The Balaban J connectivity index is 1.50. The molecule has 5 fully saturated rings. The van der Waals surface area contributed by atoms with Gasteiger partial charge in [0.2, 0.25) is 0 Å². The third-order valence-corrected chi connectivity index (χ3v) is 11.1. The number of ketones is 1. The van der Waals surface area contributed by atoms with Crippen molar-refractivity contribution in [1.82, 2.24) is 0 Å². The average molecular weight is 529 g/mol. The molecule has 3 heterocycles. The molecule has 0 radical (unpaired) electrons. The molecule has 3 aliphatic carbocycles. The number of rotatable bonds is 4. The van der Waals surface area contributed by atoms with Crippen molar-refractivity contribution in [3.8, 4) is 0 Å². The van der Waals surface area contributed by atoms with Crippen LogP contribution in [-0.2, 0) is 38.1 Å². The fourth-order valence-electron chi connectivity index (χ4n) is 9.48. The highest BCUT2D eigenvalue weighted by molar-refractivity contribution is 5.93. The minimum Gasteiger partial charge on any atom is -0.472 e. The van der Waals surface area contributed by atoms with Crippen molar-refractivity contribution in [2.75, 3.05) is 7.11 Å². The van der Waals surface area contributed by atoms with Gasteiger partial charge in [-0.2, -0.15) is 0 Å². The summed E-state index contributed by atoms with van der Waals surface area (Å²) in [6.07, 6.45) is 3.05. The number of Topliss-reactive ketones (excluding diaryl/α,β-unsaturated/α-hetero) is 1. The molecule has 1 aromatic rings. The van der Waals surface area contributed by atoms with E-state index in [4.69, 9.17) is 23.4 Å². The third kappa shape index (κ3) is 3.02. The first-order valence-corrected chi connectivity index (χ1v) is 13.5. The fraction of sp³-hybridized carbons (Fsp3) is 0.724. The lowest BCUT2D eigenvalue weighted by Crippen LogP contribution is -2.72. The number of methoxy groups -OCH3 is 1. The summed E-state index contributed by atoms with van der Waals surface area (Å²) in [4.78, 5) is 52.5. The molecule has 206 valence electrons. The molecular formula is C29H36O9. The van der Waals surface area contributed by atoms with Gasteiger partial charge in [0.05, 0.1) is 32.0 Å². The van der Waals surface area contributed by atoms with Crippen LogP contribution < -0.4 is 0 Å². The number of hydrogen-bond acceptors (Lipinski definition) is 9. The second kappa shape index (κ2) is 7.93. The zero-order chi connectivity index (χ0) is 27.4. The van der Waals surface area contributed by atoms with Crippen LogP contribution in [0.2, 0.25) is 0 Å². The topological polar surface area (TPSA) is 122 Å². The minimum atomic E-state index is -0.931.